The first-order chi connectivity index (χ1) is 7.70. The Kier molecular flexibility index (Phi) is 3.19. The molecule has 1 aliphatic rings. The molecule has 16 heavy (non-hydrogen) atoms. The number of hydrogen-bond acceptors (Lipinski definition) is 3. The summed E-state index contributed by atoms with van der Waals surface area (Å²) in [6.07, 6.45) is 4.08. The molecule has 0 aromatic carbocycles. The third kappa shape index (κ3) is 2.58. The third-order valence-corrected chi connectivity index (χ3v) is 2.98. The number of nitrogens with two attached hydrogens (primary N) is 1. The first kappa shape index (κ1) is 11.1. The van der Waals surface area contributed by atoms with Crippen LogP contribution in [0.4, 0.5) is 0 Å². The van der Waals surface area contributed by atoms with Crippen molar-refractivity contribution in [1.29, 1.82) is 0 Å². The number of nitrogens with one attached hydrogen (secondary N) is 1. The Morgan fingerprint density at radius 2 is 2.44 bits per heavy atom. The van der Waals surface area contributed by atoms with Gasteiger partial charge in [0, 0.05) is 24.3 Å². The van der Waals surface area contributed by atoms with Crippen molar-refractivity contribution in [2.45, 2.75) is 32.4 Å². The Labute approximate surface area is 95.3 Å². The van der Waals surface area contributed by atoms with E-state index in [0.717, 1.165) is 5.69 Å². The van der Waals surface area contributed by atoms with Crippen molar-refractivity contribution in [2.75, 3.05) is 0 Å². The summed E-state index contributed by atoms with van der Waals surface area (Å²) in [5.41, 5.74) is 6.87. The quantitative estimate of drug-likeness (QED) is 0.796. The highest BCUT2D eigenvalue weighted by molar-refractivity contribution is 5.94. The van der Waals surface area contributed by atoms with E-state index in [1.807, 2.05) is 0 Å². The highest BCUT2D eigenvalue weighted by Gasteiger charge is 2.29. The van der Waals surface area contributed by atoms with Gasteiger partial charge in [-0.25, -0.2) is 0 Å². The topological polar surface area (TPSA) is 68.0 Å². The summed E-state index contributed by atoms with van der Waals surface area (Å²) >= 11 is 0. The van der Waals surface area contributed by atoms with Crippen LogP contribution in [-0.4, -0.2) is 16.9 Å². The molecule has 4 nitrogen and oxygen atoms in total. The number of aromatic nitrogens is 1. The average Bonchev–Trinajstić information content (AvgIpc) is 3.13. The van der Waals surface area contributed by atoms with Crippen LogP contribution in [0.25, 0.3) is 0 Å². The Morgan fingerprint density at radius 1 is 1.69 bits per heavy atom. The molecule has 1 unspecified atom stereocenters. The molecule has 3 N–H and O–H groups in total. The molecule has 0 aliphatic heterocycles. The van der Waals surface area contributed by atoms with E-state index in [1.54, 1.807) is 18.3 Å². The van der Waals surface area contributed by atoms with Crippen molar-refractivity contribution in [2.24, 2.45) is 11.7 Å². The Bertz CT molecular complexity index is 388. The predicted octanol–water partition coefficient (Wildman–Crippen LogP) is 1.07. The van der Waals surface area contributed by atoms with E-state index in [0.29, 0.717) is 18.0 Å². The first-order valence-electron chi connectivity index (χ1n) is 5.66. The van der Waals surface area contributed by atoms with Crippen LogP contribution in [-0.2, 0) is 6.54 Å². The van der Waals surface area contributed by atoms with E-state index in [2.05, 4.69) is 17.2 Å². The van der Waals surface area contributed by atoms with Crippen molar-refractivity contribution in [3.63, 3.8) is 0 Å². The van der Waals surface area contributed by atoms with Crippen LogP contribution in [0, 0.1) is 5.92 Å². The van der Waals surface area contributed by atoms with Crippen molar-refractivity contribution in [3.05, 3.63) is 29.6 Å². The zero-order valence-electron chi connectivity index (χ0n) is 9.44. The van der Waals surface area contributed by atoms with Crippen molar-refractivity contribution >= 4 is 5.91 Å². The van der Waals surface area contributed by atoms with Gasteiger partial charge in [-0.15, -0.1) is 0 Å². The second-order valence-electron chi connectivity index (χ2n) is 4.34. The molecule has 1 aromatic rings. The molecule has 0 bridgehead atoms. The monoisotopic (exact) mass is 219 g/mol. The van der Waals surface area contributed by atoms with Crippen LogP contribution >= 0.6 is 0 Å². The van der Waals surface area contributed by atoms with Gasteiger partial charge in [0.05, 0.1) is 5.69 Å². The molecule has 0 radical (unpaired) electrons. The molecule has 4 heteroatoms. The van der Waals surface area contributed by atoms with Crippen LogP contribution in [0.1, 0.15) is 35.8 Å². The second-order valence-corrected chi connectivity index (χ2v) is 4.34. The van der Waals surface area contributed by atoms with Gasteiger partial charge in [-0.1, -0.05) is 0 Å². The van der Waals surface area contributed by atoms with Crippen molar-refractivity contribution in [1.82, 2.24) is 10.3 Å². The lowest BCUT2D eigenvalue weighted by molar-refractivity contribution is 0.0935. The van der Waals surface area contributed by atoms with E-state index in [1.165, 1.54) is 12.8 Å². The maximum absolute atomic E-state index is 11.9. The predicted molar refractivity (Wildman–Crippen MR) is 61.8 cm³/mol. The largest absolute Gasteiger partial charge is 0.349 e. The van der Waals surface area contributed by atoms with E-state index in [9.17, 15) is 4.79 Å². The molecular weight excluding hydrogens is 202 g/mol. The number of pyridine rings is 1. The summed E-state index contributed by atoms with van der Waals surface area (Å²) in [6, 6.07) is 3.73. The summed E-state index contributed by atoms with van der Waals surface area (Å²) < 4.78 is 0. The summed E-state index contributed by atoms with van der Waals surface area (Å²) in [5.74, 6) is 0.635. The number of hydrogen-bond donors (Lipinski definition) is 2. The van der Waals surface area contributed by atoms with Gasteiger partial charge in [-0.3, -0.25) is 9.78 Å². The number of amides is 1. The summed E-state index contributed by atoms with van der Waals surface area (Å²) in [5, 5.41) is 3.00. The molecular formula is C12H17N3O. The first-order valence-corrected chi connectivity index (χ1v) is 5.66. The maximum atomic E-state index is 11.9. The van der Waals surface area contributed by atoms with E-state index in [-0.39, 0.29) is 11.9 Å². The molecule has 0 saturated heterocycles. The van der Waals surface area contributed by atoms with Crippen LogP contribution in [0.3, 0.4) is 0 Å². The van der Waals surface area contributed by atoms with E-state index >= 15 is 0 Å². The summed E-state index contributed by atoms with van der Waals surface area (Å²) in [4.78, 5) is 15.9. The molecule has 1 aliphatic carbocycles. The fraction of sp³-hybridized carbons (Fsp3) is 0.500. The van der Waals surface area contributed by atoms with Gasteiger partial charge in [-0.05, 0) is 37.8 Å². The van der Waals surface area contributed by atoms with Crippen molar-refractivity contribution < 1.29 is 4.79 Å². The average molecular weight is 219 g/mol. The highest BCUT2D eigenvalue weighted by atomic mass is 16.1. The normalized spacial score (nSPS) is 16.9. The van der Waals surface area contributed by atoms with Gasteiger partial charge in [-0.2, -0.15) is 0 Å². The smallest absolute Gasteiger partial charge is 0.251 e. The van der Waals surface area contributed by atoms with Gasteiger partial charge in [0.2, 0.25) is 0 Å². The second kappa shape index (κ2) is 4.61. The number of rotatable bonds is 4. The molecule has 1 amide bonds. The maximum Gasteiger partial charge on any atom is 0.251 e. The molecule has 86 valence electrons. The van der Waals surface area contributed by atoms with Crippen molar-refractivity contribution in [3.8, 4) is 0 Å². The molecule has 2 rings (SSSR count). The lowest BCUT2D eigenvalue weighted by atomic mass is 10.1. The minimum Gasteiger partial charge on any atom is -0.349 e. The van der Waals surface area contributed by atoms with Gasteiger partial charge in [0.15, 0.2) is 0 Å². The lowest BCUT2D eigenvalue weighted by Crippen LogP contribution is -2.34. The molecule has 1 atom stereocenters. The standard InChI is InChI=1S/C12H17N3O/c1-8(9-2-3-9)15-12(16)10-4-5-14-11(6-10)7-13/h4-6,8-9H,2-3,7,13H2,1H3,(H,15,16). The lowest BCUT2D eigenvalue weighted by Gasteiger charge is -2.12. The van der Waals surface area contributed by atoms with E-state index in [4.69, 9.17) is 5.73 Å². The van der Waals surface area contributed by atoms with Crippen LogP contribution in [0.2, 0.25) is 0 Å². The van der Waals surface area contributed by atoms with Crippen LogP contribution < -0.4 is 11.1 Å². The zero-order chi connectivity index (χ0) is 11.5. The van der Waals surface area contributed by atoms with E-state index < -0.39 is 0 Å². The molecule has 0 spiro atoms. The van der Waals surface area contributed by atoms with Gasteiger partial charge >= 0.3 is 0 Å². The Hall–Kier alpha value is -1.42. The van der Waals surface area contributed by atoms with Crippen LogP contribution in [0.15, 0.2) is 18.3 Å². The number of carbonyl (C=O) groups excluding carboxylic acids is 1. The zero-order valence-corrected chi connectivity index (χ0v) is 9.44. The third-order valence-electron chi connectivity index (χ3n) is 2.98. The summed E-state index contributed by atoms with van der Waals surface area (Å²) in [7, 11) is 0. The number of carbonyl (C=O) groups is 1. The Morgan fingerprint density at radius 3 is 3.06 bits per heavy atom. The fourth-order valence-corrected chi connectivity index (χ4v) is 1.74. The van der Waals surface area contributed by atoms with Gasteiger partial charge < -0.3 is 11.1 Å². The van der Waals surface area contributed by atoms with Gasteiger partial charge in [0.25, 0.3) is 5.91 Å². The fourth-order valence-electron chi connectivity index (χ4n) is 1.74. The molecule has 1 fully saturated rings. The minimum atomic E-state index is -0.0310. The number of nitrogens with zero attached hydrogens (tertiary/aromatic N) is 1. The molecule has 1 aromatic heterocycles. The molecule has 1 saturated carbocycles. The Balaban J connectivity index is 2.01. The highest BCUT2D eigenvalue weighted by Crippen LogP contribution is 2.32. The SMILES string of the molecule is CC(NC(=O)c1ccnc(CN)c1)C1CC1. The minimum absolute atomic E-state index is 0.0310. The summed E-state index contributed by atoms with van der Waals surface area (Å²) in [6.45, 7) is 2.42. The van der Waals surface area contributed by atoms with Crippen LogP contribution in [0.5, 0.6) is 0 Å². The van der Waals surface area contributed by atoms with Gasteiger partial charge in [0.1, 0.15) is 0 Å². The molecule has 1 heterocycles.